The molecule has 32 heavy (non-hydrogen) atoms. The van der Waals surface area contributed by atoms with Crippen LogP contribution >= 0.6 is 0 Å². The third-order valence-corrected chi connectivity index (χ3v) is 4.99. The Bertz CT molecular complexity index is 1230. The van der Waals surface area contributed by atoms with Crippen LogP contribution in [0.25, 0.3) is 0 Å². The molecule has 9 nitrogen and oxygen atoms in total. The van der Waals surface area contributed by atoms with Gasteiger partial charge in [-0.1, -0.05) is 18.2 Å². The largest absolute Gasteiger partial charge is 0.486 e. The molecule has 0 bridgehead atoms. The molecule has 2 aromatic carbocycles. The van der Waals surface area contributed by atoms with Gasteiger partial charge in [-0.15, -0.1) is 5.10 Å². The molecule has 0 fully saturated rings. The molecular formula is C23H25N7O2. The lowest BCUT2D eigenvalue weighted by Crippen LogP contribution is -2.13. The van der Waals surface area contributed by atoms with Gasteiger partial charge in [0.05, 0.1) is 12.2 Å². The number of rotatable bonds is 8. The second kappa shape index (κ2) is 9.42. The van der Waals surface area contributed by atoms with Crippen molar-refractivity contribution in [3.05, 3.63) is 82.9 Å². The van der Waals surface area contributed by atoms with Gasteiger partial charge in [0.2, 0.25) is 0 Å². The summed E-state index contributed by atoms with van der Waals surface area (Å²) in [5, 5.41) is 18.9. The second-order valence-electron chi connectivity index (χ2n) is 7.47. The molecule has 0 radical (unpaired) electrons. The first-order valence-electron chi connectivity index (χ1n) is 10.4. The van der Waals surface area contributed by atoms with E-state index in [0.717, 1.165) is 22.6 Å². The van der Waals surface area contributed by atoms with Crippen LogP contribution in [-0.2, 0) is 19.7 Å². The molecule has 0 unspecified atom stereocenters. The number of tetrazole rings is 1. The molecule has 0 aliphatic carbocycles. The standard InChI is InChI=1S/C23H25N7O2/c1-4-29-22(25-27-28-29)15-32-21-10-6-8-19(13-21)23(31)24-20-9-5-7-18(12-20)14-30-17(3)11-16(2)26-30/h5-13H,4,14-15H2,1-3H3,(H,24,31). The van der Waals surface area contributed by atoms with Crippen LogP contribution in [0.3, 0.4) is 0 Å². The molecule has 1 amide bonds. The lowest BCUT2D eigenvalue weighted by molar-refractivity contribution is 0.102. The highest BCUT2D eigenvalue weighted by Gasteiger charge is 2.10. The molecule has 0 aliphatic rings. The van der Waals surface area contributed by atoms with Crippen molar-refractivity contribution < 1.29 is 9.53 Å². The number of anilines is 1. The predicted octanol–water partition coefficient (Wildman–Crippen LogP) is 3.39. The molecule has 1 N–H and O–H groups in total. The summed E-state index contributed by atoms with van der Waals surface area (Å²) in [6.07, 6.45) is 0. The minimum atomic E-state index is -0.211. The minimum Gasteiger partial charge on any atom is -0.486 e. The molecule has 4 aromatic rings. The van der Waals surface area contributed by atoms with E-state index < -0.39 is 0 Å². The first-order chi connectivity index (χ1) is 15.5. The predicted molar refractivity (Wildman–Crippen MR) is 119 cm³/mol. The van der Waals surface area contributed by atoms with Crippen LogP contribution in [0.5, 0.6) is 5.75 Å². The van der Waals surface area contributed by atoms with Crippen molar-refractivity contribution in [2.45, 2.75) is 40.5 Å². The van der Waals surface area contributed by atoms with Crippen molar-refractivity contribution in [3.8, 4) is 5.75 Å². The molecule has 2 aromatic heterocycles. The molecule has 164 valence electrons. The zero-order valence-electron chi connectivity index (χ0n) is 18.3. The molecule has 0 spiro atoms. The van der Waals surface area contributed by atoms with Crippen molar-refractivity contribution in [2.24, 2.45) is 0 Å². The number of hydrogen-bond donors (Lipinski definition) is 1. The third kappa shape index (κ3) is 5.00. The zero-order chi connectivity index (χ0) is 22.5. The molecule has 0 atom stereocenters. The van der Waals surface area contributed by atoms with Gasteiger partial charge in [0.25, 0.3) is 5.91 Å². The Hall–Kier alpha value is -4.01. The smallest absolute Gasteiger partial charge is 0.255 e. The Morgan fingerprint density at radius 3 is 2.69 bits per heavy atom. The zero-order valence-corrected chi connectivity index (χ0v) is 18.3. The Morgan fingerprint density at radius 1 is 1.06 bits per heavy atom. The van der Waals surface area contributed by atoms with Crippen LogP contribution in [0.2, 0.25) is 0 Å². The summed E-state index contributed by atoms with van der Waals surface area (Å²) in [6, 6.07) is 16.8. The van der Waals surface area contributed by atoms with E-state index in [1.54, 1.807) is 28.9 Å². The Balaban J connectivity index is 1.41. The molecule has 4 rings (SSSR count). The summed E-state index contributed by atoms with van der Waals surface area (Å²) in [5.74, 6) is 0.987. The lowest BCUT2D eigenvalue weighted by Gasteiger charge is -2.10. The molecule has 0 saturated carbocycles. The van der Waals surface area contributed by atoms with Gasteiger partial charge in [-0.05, 0) is 73.2 Å². The molecule has 9 heteroatoms. The van der Waals surface area contributed by atoms with Gasteiger partial charge < -0.3 is 10.1 Å². The van der Waals surface area contributed by atoms with E-state index in [9.17, 15) is 4.79 Å². The molecule has 2 heterocycles. The highest BCUT2D eigenvalue weighted by molar-refractivity contribution is 6.04. The van der Waals surface area contributed by atoms with Crippen molar-refractivity contribution in [2.75, 3.05) is 5.32 Å². The van der Waals surface area contributed by atoms with E-state index in [4.69, 9.17) is 4.74 Å². The lowest BCUT2D eigenvalue weighted by atomic mass is 10.1. The van der Waals surface area contributed by atoms with E-state index in [2.05, 4.69) is 25.9 Å². The van der Waals surface area contributed by atoms with Crippen LogP contribution < -0.4 is 10.1 Å². The second-order valence-corrected chi connectivity index (χ2v) is 7.47. The van der Waals surface area contributed by atoms with Gasteiger partial charge in [-0.2, -0.15) is 5.10 Å². The van der Waals surface area contributed by atoms with Crippen molar-refractivity contribution in [1.29, 1.82) is 0 Å². The molecule has 0 saturated heterocycles. The summed E-state index contributed by atoms with van der Waals surface area (Å²) in [4.78, 5) is 12.8. The van der Waals surface area contributed by atoms with E-state index >= 15 is 0 Å². The Labute approximate surface area is 186 Å². The van der Waals surface area contributed by atoms with E-state index in [0.29, 0.717) is 30.2 Å². The summed E-state index contributed by atoms with van der Waals surface area (Å²) in [6.45, 7) is 7.49. The maximum Gasteiger partial charge on any atom is 0.255 e. The van der Waals surface area contributed by atoms with Crippen molar-refractivity contribution >= 4 is 11.6 Å². The maximum atomic E-state index is 12.8. The number of carbonyl (C=O) groups excluding carboxylic acids is 1. The summed E-state index contributed by atoms with van der Waals surface area (Å²) >= 11 is 0. The molecular weight excluding hydrogens is 406 g/mol. The number of ether oxygens (including phenoxy) is 1. The molecule has 0 aliphatic heterocycles. The van der Waals surface area contributed by atoms with Crippen LogP contribution in [0.1, 0.15) is 40.1 Å². The fourth-order valence-corrected chi connectivity index (χ4v) is 3.41. The minimum absolute atomic E-state index is 0.211. The average molecular weight is 432 g/mol. The number of hydrogen-bond acceptors (Lipinski definition) is 6. The summed E-state index contributed by atoms with van der Waals surface area (Å²) in [7, 11) is 0. The van der Waals surface area contributed by atoms with Gasteiger partial charge in [-0.25, -0.2) is 4.68 Å². The average Bonchev–Trinajstić information content (AvgIpc) is 3.37. The number of aryl methyl sites for hydroxylation is 3. The topological polar surface area (TPSA) is 99.8 Å². The third-order valence-electron chi connectivity index (χ3n) is 4.99. The number of nitrogens with zero attached hydrogens (tertiary/aromatic N) is 6. The van der Waals surface area contributed by atoms with Crippen LogP contribution in [0.15, 0.2) is 54.6 Å². The number of carbonyl (C=O) groups is 1. The van der Waals surface area contributed by atoms with Crippen LogP contribution in [-0.4, -0.2) is 35.9 Å². The normalized spacial score (nSPS) is 10.8. The number of amides is 1. The Kier molecular flexibility index (Phi) is 6.25. The van der Waals surface area contributed by atoms with Crippen LogP contribution in [0, 0.1) is 13.8 Å². The fraction of sp³-hybridized carbons (Fsp3) is 0.261. The Morgan fingerprint density at radius 2 is 1.91 bits per heavy atom. The first-order valence-corrected chi connectivity index (χ1v) is 10.4. The van der Waals surface area contributed by atoms with Gasteiger partial charge in [-0.3, -0.25) is 9.48 Å². The summed E-state index contributed by atoms with van der Waals surface area (Å²) in [5.41, 5.74) is 4.37. The van der Waals surface area contributed by atoms with E-state index in [1.165, 1.54) is 0 Å². The quantitative estimate of drug-likeness (QED) is 0.459. The van der Waals surface area contributed by atoms with Gasteiger partial charge in [0.15, 0.2) is 5.82 Å². The van der Waals surface area contributed by atoms with Crippen molar-refractivity contribution in [3.63, 3.8) is 0 Å². The monoisotopic (exact) mass is 431 g/mol. The van der Waals surface area contributed by atoms with Crippen LogP contribution in [0.4, 0.5) is 5.69 Å². The number of nitrogens with one attached hydrogen (secondary N) is 1. The fourth-order valence-electron chi connectivity index (χ4n) is 3.41. The highest BCUT2D eigenvalue weighted by Crippen LogP contribution is 2.18. The number of benzene rings is 2. The van der Waals surface area contributed by atoms with E-state index in [-0.39, 0.29) is 12.5 Å². The first kappa shape index (κ1) is 21.2. The van der Waals surface area contributed by atoms with Gasteiger partial charge >= 0.3 is 0 Å². The van der Waals surface area contributed by atoms with Gasteiger partial charge in [0.1, 0.15) is 12.4 Å². The van der Waals surface area contributed by atoms with Crippen molar-refractivity contribution in [1.82, 2.24) is 30.0 Å². The summed E-state index contributed by atoms with van der Waals surface area (Å²) < 4.78 is 9.39. The SMILES string of the molecule is CCn1nnnc1COc1cccc(C(=O)Nc2cccc(Cn3nc(C)cc3C)c2)c1. The van der Waals surface area contributed by atoms with Gasteiger partial charge in [0, 0.05) is 23.5 Å². The number of aromatic nitrogens is 6. The van der Waals surface area contributed by atoms with E-state index in [1.807, 2.05) is 55.8 Å². The highest BCUT2D eigenvalue weighted by atomic mass is 16.5. The maximum absolute atomic E-state index is 12.8.